The van der Waals surface area contributed by atoms with Crippen LogP contribution < -0.4 is 15.2 Å². The van der Waals surface area contributed by atoms with Gasteiger partial charge in [-0.15, -0.1) is 0 Å². The van der Waals surface area contributed by atoms with Gasteiger partial charge in [0.2, 0.25) is 5.43 Å². The van der Waals surface area contributed by atoms with Gasteiger partial charge < -0.3 is 14.7 Å². The molecule has 1 aromatic heterocycles. The number of amides is 1. The van der Waals surface area contributed by atoms with Crippen LogP contribution in [-0.4, -0.2) is 39.5 Å². The summed E-state index contributed by atoms with van der Waals surface area (Å²) < 4.78 is 62.8. The molecule has 2 aliphatic rings. The highest BCUT2D eigenvalue weighted by atomic mass is 19.4. The summed E-state index contributed by atoms with van der Waals surface area (Å²) in [6.45, 7) is 0.268. The zero-order valence-corrected chi connectivity index (χ0v) is 18.3. The molecule has 2 aliphatic heterocycles. The van der Waals surface area contributed by atoms with E-state index in [2.05, 4.69) is 0 Å². The summed E-state index contributed by atoms with van der Waals surface area (Å²) in [4.78, 5) is 25.8. The number of pyridine rings is 1. The molecule has 35 heavy (non-hydrogen) atoms. The molecular formula is C24H19F4N3O4. The fourth-order valence-corrected chi connectivity index (χ4v) is 4.50. The van der Waals surface area contributed by atoms with Crippen molar-refractivity contribution in [2.45, 2.75) is 31.8 Å². The van der Waals surface area contributed by atoms with E-state index in [0.717, 1.165) is 17.7 Å². The lowest BCUT2D eigenvalue weighted by atomic mass is 9.94. The summed E-state index contributed by atoms with van der Waals surface area (Å²) in [5, 5.41) is 11.8. The number of rotatable bonds is 2. The van der Waals surface area contributed by atoms with Crippen molar-refractivity contribution in [3.8, 4) is 11.5 Å². The summed E-state index contributed by atoms with van der Waals surface area (Å²) in [5.74, 6) is -2.86. The molecule has 0 unspecified atom stereocenters. The van der Waals surface area contributed by atoms with E-state index in [0.29, 0.717) is 21.6 Å². The number of hydrogen-bond donors (Lipinski definition) is 1. The Hall–Kier alpha value is -4.02. The van der Waals surface area contributed by atoms with E-state index in [1.807, 2.05) is 0 Å². The lowest BCUT2D eigenvalue weighted by Crippen LogP contribution is -2.60. The van der Waals surface area contributed by atoms with Crippen molar-refractivity contribution < 1.29 is 32.2 Å². The van der Waals surface area contributed by atoms with Gasteiger partial charge in [-0.05, 0) is 24.1 Å². The Morgan fingerprint density at radius 3 is 2.51 bits per heavy atom. The Kier molecular flexibility index (Phi) is 5.22. The largest absolute Gasteiger partial charge is 0.502 e. The van der Waals surface area contributed by atoms with E-state index in [1.165, 1.54) is 23.3 Å². The summed E-state index contributed by atoms with van der Waals surface area (Å²) in [6, 6.07) is 9.06. The predicted octanol–water partition coefficient (Wildman–Crippen LogP) is 3.68. The van der Waals surface area contributed by atoms with Crippen LogP contribution in [0.15, 0.2) is 59.5 Å². The Balaban J connectivity index is 1.79. The molecule has 3 aromatic rings. The summed E-state index contributed by atoms with van der Waals surface area (Å²) in [7, 11) is 0. The minimum Gasteiger partial charge on any atom is -0.502 e. The van der Waals surface area contributed by atoms with E-state index in [9.17, 15) is 32.3 Å². The summed E-state index contributed by atoms with van der Waals surface area (Å²) in [5.41, 5.74) is 0.0535. The van der Waals surface area contributed by atoms with Crippen LogP contribution in [0.1, 0.15) is 40.1 Å². The van der Waals surface area contributed by atoms with E-state index in [1.54, 1.807) is 30.3 Å². The van der Waals surface area contributed by atoms with E-state index in [-0.39, 0.29) is 12.4 Å². The SMILES string of the molecule is C[C@H](N1CN([C@H]2c3ccccc3COc3c(F)cccc32)n2ccc(=O)c(O)c2C1=O)C(F)(F)F. The van der Waals surface area contributed by atoms with Crippen LogP contribution in [0.2, 0.25) is 0 Å². The fourth-order valence-electron chi connectivity index (χ4n) is 4.50. The number of nitrogens with zero attached hydrogens (tertiary/aromatic N) is 3. The number of hydrogen-bond acceptors (Lipinski definition) is 5. The molecule has 0 saturated carbocycles. The monoisotopic (exact) mass is 489 g/mol. The smallest absolute Gasteiger partial charge is 0.408 e. The number of ether oxygens (including phenoxy) is 1. The Labute approximate surface area is 196 Å². The molecule has 0 spiro atoms. The lowest BCUT2D eigenvalue weighted by molar-refractivity contribution is -0.173. The number of aromatic nitrogens is 1. The van der Waals surface area contributed by atoms with Crippen molar-refractivity contribution in [1.29, 1.82) is 0 Å². The highest BCUT2D eigenvalue weighted by Crippen LogP contribution is 2.42. The molecule has 0 saturated heterocycles. The van der Waals surface area contributed by atoms with Gasteiger partial charge in [0, 0.05) is 17.8 Å². The van der Waals surface area contributed by atoms with Crippen LogP contribution in [-0.2, 0) is 6.61 Å². The van der Waals surface area contributed by atoms with Gasteiger partial charge in [-0.2, -0.15) is 13.2 Å². The number of fused-ring (bicyclic) bond motifs is 3. The molecule has 2 aromatic carbocycles. The van der Waals surface area contributed by atoms with Crippen molar-refractivity contribution in [2.24, 2.45) is 0 Å². The standard InChI is InChI=1S/C24H19F4N3O4/c1-13(24(26,27)28)29-12-31(30-10-9-18(32)21(33)20(30)23(29)34)19-15-6-3-2-5-14(15)11-35-22-16(19)7-4-8-17(22)25/h2-10,13,19,33H,11-12H2,1H3/t13-,19-/m0/s1. The number of halogens is 4. The van der Waals surface area contributed by atoms with Crippen molar-refractivity contribution >= 4 is 5.91 Å². The van der Waals surface area contributed by atoms with Crippen molar-refractivity contribution in [1.82, 2.24) is 9.58 Å². The van der Waals surface area contributed by atoms with E-state index < -0.39 is 53.5 Å². The third kappa shape index (κ3) is 3.58. The second-order valence-corrected chi connectivity index (χ2v) is 8.34. The maximum absolute atomic E-state index is 14.8. The first-order chi connectivity index (χ1) is 16.6. The Morgan fingerprint density at radius 2 is 1.77 bits per heavy atom. The van der Waals surface area contributed by atoms with Gasteiger partial charge in [0.25, 0.3) is 5.91 Å². The van der Waals surface area contributed by atoms with Gasteiger partial charge in [-0.3, -0.25) is 19.3 Å². The molecule has 7 nitrogen and oxygen atoms in total. The molecule has 5 rings (SSSR count). The van der Waals surface area contributed by atoms with Gasteiger partial charge in [0.05, 0.1) is 0 Å². The van der Waals surface area contributed by atoms with Crippen LogP contribution in [0, 0.1) is 5.82 Å². The van der Waals surface area contributed by atoms with Crippen molar-refractivity contribution in [3.05, 3.63) is 93.2 Å². The van der Waals surface area contributed by atoms with Gasteiger partial charge >= 0.3 is 6.18 Å². The van der Waals surface area contributed by atoms with Gasteiger partial charge in [0.15, 0.2) is 23.0 Å². The third-order valence-corrected chi connectivity index (χ3v) is 6.34. The minimum atomic E-state index is -4.78. The molecule has 0 bridgehead atoms. The Morgan fingerprint density at radius 1 is 1.06 bits per heavy atom. The average Bonchev–Trinajstić information content (AvgIpc) is 2.98. The highest BCUT2D eigenvalue weighted by molar-refractivity contribution is 5.96. The van der Waals surface area contributed by atoms with E-state index in [4.69, 9.17) is 4.74 Å². The minimum absolute atomic E-state index is 0.0122. The van der Waals surface area contributed by atoms with Crippen LogP contribution in [0.5, 0.6) is 11.5 Å². The molecule has 2 atom stereocenters. The molecule has 11 heteroatoms. The third-order valence-electron chi connectivity index (χ3n) is 6.34. The number of benzene rings is 2. The first-order valence-corrected chi connectivity index (χ1v) is 10.7. The van der Waals surface area contributed by atoms with Gasteiger partial charge in [0.1, 0.15) is 25.4 Å². The first kappa shape index (κ1) is 22.8. The second-order valence-electron chi connectivity index (χ2n) is 8.34. The number of para-hydroxylation sites is 1. The fraction of sp³-hybridized carbons (Fsp3) is 0.250. The number of carbonyl (C=O) groups is 1. The summed E-state index contributed by atoms with van der Waals surface area (Å²) in [6.07, 6.45) is -3.57. The zero-order valence-electron chi connectivity index (χ0n) is 18.3. The molecule has 0 radical (unpaired) electrons. The quantitative estimate of drug-likeness (QED) is 0.556. The number of aromatic hydroxyl groups is 1. The first-order valence-electron chi connectivity index (χ1n) is 10.7. The van der Waals surface area contributed by atoms with Crippen molar-refractivity contribution in [3.63, 3.8) is 0 Å². The number of carbonyl (C=O) groups excluding carboxylic acids is 1. The molecular weight excluding hydrogens is 470 g/mol. The molecule has 3 heterocycles. The second kappa shape index (κ2) is 8.03. The molecule has 0 aliphatic carbocycles. The lowest BCUT2D eigenvalue weighted by Gasteiger charge is -2.45. The zero-order chi connectivity index (χ0) is 25.1. The molecule has 0 fully saturated rings. The van der Waals surface area contributed by atoms with Crippen LogP contribution >= 0.6 is 0 Å². The Bertz CT molecular complexity index is 1390. The van der Waals surface area contributed by atoms with Crippen molar-refractivity contribution in [2.75, 3.05) is 11.7 Å². The maximum atomic E-state index is 14.8. The van der Waals surface area contributed by atoms with Crippen LogP contribution in [0.4, 0.5) is 17.6 Å². The van der Waals surface area contributed by atoms with Gasteiger partial charge in [-0.1, -0.05) is 36.4 Å². The van der Waals surface area contributed by atoms with Crippen LogP contribution in [0.3, 0.4) is 0 Å². The highest BCUT2D eigenvalue weighted by Gasteiger charge is 2.47. The molecule has 182 valence electrons. The average molecular weight is 489 g/mol. The predicted molar refractivity (Wildman–Crippen MR) is 116 cm³/mol. The van der Waals surface area contributed by atoms with Crippen LogP contribution in [0.25, 0.3) is 0 Å². The maximum Gasteiger partial charge on any atom is 0.408 e. The summed E-state index contributed by atoms with van der Waals surface area (Å²) >= 11 is 0. The topological polar surface area (TPSA) is 75.0 Å². The van der Waals surface area contributed by atoms with E-state index >= 15 is 0 Å². The van der Waals surface area contributed by atoms with Gasteiger partial charge in [-0.25, -0.2) is 4.39 Å². The molecule has 1 N–H and O–H groups in total. The normalized spacial score (nSPS) is 18.2. The number of alkyl halides is 3. The molecule has 1 amide bonds.